The van der Waals surface area contributed by atoms with Crippen molar-refractivity contribution in [3.63, 3.8) is 0 Å². The summed E-state index contributed by atoms with van der Waals surface area (Å²) < 4.78 is 5.31. The first-order valence-corrected chi connectivity index (χ1v) is 10.1. The Morgan fingerprint density at radius 1 is 1.19 bits per heavy atom. The Hall–Kier alpha value is -3.23. The maximum absolute atomic E-state index is 13.1. The first-order valence-electron chi connectivity index (χ1n) is 10.1. The summed E-state index contributed by atoms with van der Waals surface area (Å²) in [6, 6.07) is 4.32. The number of ether oxygens (including phenoxy) is 1. The van der Waals surface area contributed by atoms with Crippen molar-refractivity contribution in [3.05, 3.63) is 40.9 Å². The molecular weight excluding hydrogens is 402 g/mol. The van der Waals surface area contributed by atoms with Crippen molar-refractivity contribution in [1.82, 2.24) is 9.88 Å². The van der Waals surface area contributed by atoms with E-state index in [1.54, 1.807) is 46.9 Å². The SMILES string of the molecule is CC(C)CC(N=O)C(=O)N(C(=O)OC(C)(C)C)[C@@H](Cc1c[nH]c2ccccc12)C(=O)O. The normalized spacial score (nSPS) is 13.6. The molecule has 2 amide bonds. The highest BCUT2D eigenvalue weighted by Crippen LogP contribution is 2.24. The average molecular weight is 431 g/mol. The third-order valence-electron chi connectivity index (χ3n) is 4.62. The van der Waals surface area contributed by atoms with Gasteiger partial charge in [-0.15, -0.1) is 4.91 Å². The minimum atomic E-state index is -1.57. The lowest BCUT2D eigenvalue weighted by Crippen LogP contribution is -2.54. The molecule has 0 radical (unpaired) electrons. The number of imide groups is 1. The summed E-state index contributed by atoms with van der Waals surface area (Å²) in [5.41, 5.74) is 0.439. The van der Waals surface area contributed by atoms with Gasteiger partial charge >= 0.3 is 12.1 Å². The molecule has 0 spiro atoms. The Bertz CT molecular complexity index is 960. The van der Waals surface area contributed by atoms with E-state index in [0.29, 0.717) is 10.5 Å². The Balaban J connectivity index is 2.48. The van der Waals surface area contributed by atoms with Crippen molar-refractivity contribution in [2.75, 3.05) is 0 Å². The molecule has 9 nitrogen and oxygen atoms in total. The molecule has 2 rings (SSSR count). The topological polar surface area (TPSA) is 129 Å². The second-order valence-electron chi connectivity index (χ2n) is 8.86. The Labute approximate surface area is 180 Å². The molecule has 0 saturated carbocycles. The zero-order valence-electron chi connectivity index (χ0n) is 18.4. The number of nitrogens with one attached hydrogen (secondary N) is 1. The summed E-state index contributed by atoms with van der Waals surface area (Å²) in [5.74, 6) is -2.44. The molecule has 0 aliphatic heterocycles. The molecule has 0 aliphatic rings. The minimum absolute atomic E-state index is 0.0657. The van der Waals surface area contributed by atoms with E-state index in [1.807, 2.05) is 18.2 Å². The van der Waals surface area contributed by atoms with Gasteiger partial charge in [0.25, 0.3) is 5.91 Å². The van der Waals surface area contributed by atoms with E-state index >= 15 is 0 Å². The number of aromatic amines is 1. The smallest absolute Gasteiger partial charge is 0.417 e. The number of carboxylic acids is 1. The van der Waals surface area contributed by atoms with Crippen LogP contribution in [0, 0.1) is 10.8 Å². The second kappa shape index (κ2) is 9.72. The van der Waals surface area contributed by atoms with Crippen molar-refractivity contribution < 1.29 is 24.2 Å². The van der Waals surface area contributed by atoms with Crippen LogP contribution in [0.5, 0.6) is 0 Å². The maximum atomic E-state index is 13.1. The van der Waals surface area contributed by atoms with Crippen molar-refractivity contribution in [1.29, 1.82) is 0 Å². The quantitative estimate of drug-likeness (QED) is 0.605. The van der Waals surface area contributed by atoms with Crippen LogP contribution in [0.4, 0.5) is 4.79 Å². The van der Waals surface area contributed by atoms with Gasteiger partial charge in [-0.25, -0.2) is 14.5 Å². The third-order valence-corrected chi connectivity index (χ3v) is 4.62. The lowest BCUT2D eigenvalue weighted by atomic mass is 10.0. The molecule has 0 fully saturated rings. The zero-order valence-corrected chi connectivity index (χ0v) is 18.4. The molecule has 0 bridgehead atoms. The summed E-state index contributed by atoms with van der Waals surface area (Å²) in [4.78, 5) is 53.2. The van der Waals surface area contributed by atoms with Crippen LogP contribution in [0.25, 0.3) is 10.9 Å². The van der Waals surface area contributed by atoms with Crippen molar-refractivity contribution in [2.24, 2.45) is 11.1 Å². The van der Waals surface area contributed by atoms with Gasteiger partial charge in [0, 0.05) is 23.5 Å². The van der Waals surface area contributed by atoms with Crippen molar-refractivity contribution in [3.8, 4) is 0 Å². The first-order chi connectivity index (χ1) is 14.4. The maximum Gasteiger partial charge on any atom is 0.417 e. The molecule has 0 aliphatic carbocycles. The van der Waals surface area contributed by atoms with Crippen LogP contribution in [0.1, 0.15) is 46.6 Å². The molecule has 1 unspecified atom stereocenters. The average Bonchev–Trinajstić information content (AvgIpc) is 3.06. The van der Waals surface area contributed by atoms with E-state index in [1.165, 1.54) is 0 Å². The molecule has 9 heteroatoms. The lowest BCUT2D eigenvalue weighted by Gasteiger charge is -2.31. The molecule has 0 saturated heterocycles. The number of rotatable bonds is 8. The number of H-pyrrole nitrogens is 1. The summed E-state index contributed by atoms with van der Waals surface area (Å²) >= 11 is 0. The van der Waals surface area contributed by atoms with Gasteiger partial charge in [0.15, 0.2) is 6.04 Å². The fourth-order valence-corrected chi connectivity index (χ4v) is 3.28. The van der Waals surface area contributed by atoms with Gasteiger partial charge in [0.05, 0.1) is 0 Å². The Morgan fingerprint density at radius 3 is 2.39 bits per heavy atom. The van der Waals surface area contributed by atoms with Gasteiger partial charge in [-0.05, 0) is 44.7 Å². The molecule has 31 heavy (non-hydrogen) atoms. The molecule has 1 aromatic carbocycles. The highest BCUT2D eigenvalue weighted by Gasteiger charge is 2.41. The third kappa shape index (κ3) is 6.13. The monoisotopic (exact) mass is 431 g/mol. The van der Waals surface area contributed by atoms with Gasteiger partial charge < -0.3 is 14.8 Å². The predicted octanol–water partition coefficient (Wildman–Crippen LogP) is 4.11. The number of aromatic nitrogens is 1. The highest BCUT2D eigenvalue weighted by atomic mass is 16.6. The van der Waals surface area contributed by atoms with Crippen LogP contribution < -0.4 is 0 Å². The Morgan fingerprint density at radius 2 is 1.84 bits per heavy atom. The Kier molecular flexibility index (Phi) is 7.54. The molecule has 2 N–H and O–H groups in total. The fourth-order valence-electron chi connectivity index (χ4n) is 3.28. The summed E-state index contributed by atoms with van der Waals surface area (Å²) in [6.45, 7) is 8.40. The molecule has 1 aromatic heterocycles. The number of fused-ring (bicyclic) bond motifs is 1. The van der Waals surface area contributed by atoms with E-state index in [9.17, 15) is 24.4 Å². The number of nitroso groups, excluding NO2 is 1. The summed E-state index contributed by atoms with van der Waals surface area (Å²) in [5, 5.41) is 13.6. The van der Waals surface area contributed by atoms with Crippen LogP contribution in [0.2, 0.25) is 0 Å². The number of benzene rings is 1. The molecular formula is C22H29N3O6. The van der Waals surface area contributed by atoms with E-state index in [0.717, 1.165) is 10.9 Å². The van der Waals surface area contributed by atoms with E-state index in [-0.39, 0.29) is 18.8 Å². The van der Waals surface area contributed by atoms with Crippen LogP contribution in [-0.4, -0.2) is 50.6 Å². The van der Waals surface area contributed by atoms with Crippen LogP contribution in [0.3, 0.4) is 0 Å². The van der Waals surface area contributed by atoms with Gasteiger partial charge in [-0.2, -0.15) is 0 Å². The number of hydrogen-bond donors (Lipinski definition) is 2. The van der Waals surface area contributed by atoms with Gasteiger partial charge in [0.1, 0.15) is 11.6 Å². The number of amides is 2. The summed E-state index contributed by atoms with van der Waals surface area (Å²) in [7, 11) is 0. The van der Waals surface area contributed by atoms with Crippen molar-refractivity contribution in [2.45, 2.75) is 65.1 Å². The van der Waals surface area contributed by atoms with E-state index in [2.05, 4.69) is 10.2 Å². The van der Waals surface area contributed by atoms with E-state index < -0.39 is 35.7 Å². The predicted molar refractivity (Wildman–Crippen MR) is 116 cm³/mol. The lowest BCUT2D eigenvalue weighted by molar-refractivity contribution is -0.150. The summed E-state index contributed by atoms with van der Waals surface area (Å²) in [6.07, 6.45) is 0.447. The van der Waals surface area contributed by atoms with Crippen LogP contribution >= 0.6 is 0 Å². The van der Waals surface area contributed by atoms with Crippen LogP contribution in [0.15, 0.2) is 35.6 Å². The largest absolute Gasteiger partial charge is 0.480 e. The highest BCUT2D eigenvalue weighted by molar-refractivity contribution is 5.99. The standard InChI is InChI=1S/C22H29N3O6/c1-13(2)10-17(24-30)19(26)25(21(29)31-22(3,4)5)18(20(27)28)11-14-12-23-16-9-7-6-8-15(14)16/h6-9,12-13,17-18,23H,10-11H2,1-5H3,(H,27,28)/t17?,18-/m0/s1. The molecule has 2 aromatic rings. The van der Waals surface area contributed by atoms with Gasteiger partial charge in [-0.1, -0.05) is 37.2 Å². The number of carbonyl (C=O) groups is 3. The minimum Gasteiger partial charge on any atom is -0.480 e. The van der Waals surface area contributed by atoms with Crippen molar-refractivity contribution >= 4 is 28.9 Å². The number of aliphatic carboxylic acids is 1. The molecule has 2 atom stereocenters. The number of carbonyl (C=O) groups excluding carboxylic acids is 2. The molecule has 168 valence electrons. The number of carboxylic acid groups (broad SMARTS) is 1. The number of hydrogen-bond acceptors (Lipinski definition) is 6. The second-order valence-corrected chi connectivity index (χ2v) is 8.86. The number of para-hydroxylation sites is 1. The molecule has 1 heterocycles. The van der Waals surface area contributed by atoms with E-state index in [4.69, 9.17) is 4.74 Å². The van der Waals surface area contributed by atoms with Crippen LogP contribution in [-0.2, 0) is 20.7 Å². The fraction of sp³-hybridized carbons (Fsp3) is 0.500. The first kappa shape index (κ1) is 24.0. The van der Waals surface area contributed by atoms with Gasteiger partial charge in [0.2, 0.25) is 0 Å². The van der Waals surface area contributed by atoms with Gasteiger partial charge in [-0.3, -0.25) is 4.79 Å². The zero-order chi connectivity index (χ0) is 23.3. The number of nitrogens with zero attached hydrogens (tertiary/aromatic N) is 2.